The van der Waals surface area contributed by atoms with Crippen molar-refractivity contribution in [2.24, 2.45) is 0 Å². The quantitative estimate of drug-likeness (QED) is 0.458. The van der Waals surface area contributed by atoms with Crippen LogP contribution in [0.2, 0.25) is 0 Å². The summed E-state index contributed by atoms with van der Waals surface area (Å²) in [6.07, 6.45) is 2.34. The van der Waals surface area contributed by atoms with Gasteiger partial charge in [-0.05, 0) is 0 Å². The van der Waals surface area contributed by atoms with Crippen molar-refractivity contribution in [2.45, 2.75) is 6.92 Å². The summed E-state index contributed by atoms with van der Waals surface area (Å²) in [5, 5.41) is 0. The third-order valence-electron chi connectivity index (χ3n) is 2.35. The van der Waals surface area contributed by atoms with E-state index in [0.29, 0.717) is 11.2 Å². The van der Waals surface area contributed by atoms with Crippen molar-refractivity contribution in [1.29, 1.82) is 0 Å². The Balaban J connectivity index is 2.27. The van der Waals surface area contributed by atoms with E-state index >= 15 is 0 Å². The normalized spacial score (nSPS) is 10.2. The molecule has 0 aliphatic carbocycles. The Morgan fingerprint density at radius 3 is 2.79 bits per heavy atom. The van der Waals surface area contributed by atoms with Crippen molar-refractivity contribution in [3.63, 3.8) is 0 Å². The maximum atomic E-state index is 11.0. The van der Waals surface area contributed by atoms with Crippen LogP contribution in [-0.2, 0) is 9.53 Å². The molecule has 0 fully saturated rings. The number of imidazole rings is 1. The van der Waals surface area contributed by atoms with E-state index in [4.69, 9.17) is 4.74 Å². The Morgan fingerprint density at radius 1 is 1.42 bits per heavy atom. The molecule has 2 aromatic rings. The van der Waals surface area contributed by atoms with E-state index in [-0.39, 0.29) is 20.9 Å². The molecule has 0 saturated carbocycles. The molecule has 1 aromatic carbocycles. The number of benzene rings is 1. The summed E-state index contributed by atoms with van der Waals surface area (Å²) in [7, 11) is 0. The van der Waals surface area contributed by atoms with Crippen molar-refractivity contribution in [1.82, 2.24) is 9.55 Å². The molecule has 1 heterocycles. The van der Waals surface area contributed by atoms with E-state index in [1.54, 1.807) is 6.33 Å². The van der Waals surface area contributed by atoms with Gasteiger partial charge in [-0.2, -0.15) is 0 Å². The zero-order chi connectivity index (χ0) is 13.7. The molecular weight excluding hydrogens is 311 g/mol. The minimum absolute atomic E-state index is 0.158. The summed E-state index contributed by atoms with van der Waals surface area (Å²) in [6, 6.07) is 9.62. The average molecular weight is 323 g/mol. The van der Waals surface area contributed by atoms with Crippen molar-refractivity contribution >= 4 is 31.8 Å². The molecule has 98 valence electrons. The molecule has 0 radical (unpaired) electrons. The molecule has 0 unspecified atom stereocenters. The summed E-state index contributed by atoms with van der Waals surface area (Å²) >= 11 is -0.158. The van der Waals surface area contributed by atoms with E-state index in [1.807, 2.05) is 34.9 Å². The van der Waals surface area contributed by atoms with Gasteiger partial charge in [0.25, 0.3) is 0 Å². The SMILES string of the molecule is CC(=O)OC[Se]c1c(C=O)ncn1-c1ccccc1. The van der Waals surface area contributed by atoms with Crippen molar-refractivity contribution in [2.75, 3.05) is 5.51 Å². The molecule has 1 aromatic heterocycles. The zero-order valence-electron chi connectivity index (χ0n) is 10.3. The van der Waals surface area contributed by atoms with Crippen LogP contribution in [-0.4, -0.2) is 42.3 Å². The number of hydrogen-bond donors (Lipinski definition) is 0. The van der Waals surface area contributed by atoms with Gasteiger partial charge in [-0.25, -0.2) is 0 Å². The van der Waals surface area contributed by atoms with Crippen molar-refractivity contribution in [3.8, 4) is 5.69 Å². The first-order chi connectivity index (χ1) is 9.22. The zero-order valence-corrected chi connectivity index (χ0v) is 12.0. The Morgan fingerprint density at radius 2 is 2.16 bits per heavy atom. The maximum absolute atomic E-state index is 11.0. The van der Waals surface area contributed by atoms with E-state index < -0.39 is 0 Å². The third kappa shape index (κ3) is 3.30. The van der Waals surface area contributed by atoms with Gasteiger partial charge in [-0.3, -0.25) is 0 Å². The van der Waals surface area contributed by atoms with Gasteiger partial charge < -0.3 is 0 Å². The number of aldehydes is 1. The van der Waals surface area contributed by atoms with Gasteiger partial charge in [0.05, 0.1) is 0 Å². The molecule has 2 rings (SSSR count). The first-order valence-electron chi connectivity index (χ1n) is 5.56. The molecular formula is C13H12N2O3Se. The van der Waals surface area contributed by atoms with Crippen LogP contribution in [0.4, 0.5) is 0 Å². The van der Waals surface area contributed by atoms with E-state index in [0.717, 1.165) is 16.6 Å². The summed E-state index contributed by atoms with van der Waals surface area (Å²) in [5.41, 5.74) is 1.63. The first-order valence-corrected chi connectivity index (χ1v) is 7.63. The number of hydrogen-bond acceptors (Lipinski definition) is 4. The van der Waals surface area contributed by atoms with Crippen molar-refractivity contribution in [3.05, 3.63) is 42.4 Å². The first kappa shape index (κ1) is 13.5. The van der Waals surface area contributed by atoms with Crippen LogP contribution >= 0.6 is 0 Å². The number of carbonyl (C=O) groups is 2. The molecule has 0 N–H and O–H groups in total. The molecule has 0 bridgehead atoms. The second-order valence-corrected chi connectivity index (χ2v) is 5.57. The van der Waals surface area contributed by atoms with Crippen LogP contribution in [0, 0.1) is 0 Å². The van der Waals surface area contributed by atoms with Gasteiger partial charge >= 0.3 is 116 Å². The van der Waals surface area contributed by atoms with Crippen molar-refractivity contribution < 1.29 is 14.3 Å². The number of nitrogens with zero attached hydrogens (tertiary/aromatic N) is 2. The van der Waals surface area contributed by atoms with Crippen LogP contribution in [0.5, 0.6) is 0 Å². The molecule has 5 nitrogen and oxygen atoms in total. The molecule has 0 aliphatic rings. The molecule has 19 heavy (non-hydrogen) atoms. The molecule has 0 atom stereocenters. The van der Waals surface area contributed by atoms with Gasteiger partial charge in [-0.1, -0.05) is 0 Å². The van der Waals surface area contributed by atoms with Gasteiger partial charge in [0.2, 0.25) is 0 Å². The summed E-state index contributed by atoms with van der Waals surface area (Å²) in [4.78, 5) is 25.9. The van der Waals surface area contributed by atoms with Gasteiger partial charge in [0, 0.05) is 0 Å². The summed E-state index contributed by atoms with van der Waals surface area (Å²) in [5.74, 6) is -0.319. The number of para-hydroxylation sites is 1. The fourth-order valence-electron chi connectivity index (χ4n) is 1.52. The predicted octanol–water partition coefficient (Wildman–Crippen LogP) is 0.535. The number of ether oxygens (including phenoxy) is 1. The molecule has 0 amide bonds. The van der Waals surface area contributed by atoms with E-state index in [1.165, 1.54) is 6.92 Å². The Kier molecular flexibility index (Phi) is 4.49. The summed E-state index contributed by atoms with van der Waals surface area (Å²) in [6.45, 7) is 1.37. The number of aromatic nitrogens is 2. The van der Waals surface area contributed by atoms with Gasteiger partial charge in [0.15, 0.2) is 0 Å². The second-order valence-electron chi connectivity index (χ2n) is 3.66. The Labute approximate surface area is 116 Å². The Bertz CT molecular complexity index is 581. The van der Waals surface area contributed by atoms with Gasteiger partial charge in [-0.15, -0.1) is 0 Å². The molecule has 6 heteroatoms. The standard InChI is InChI=1S/C13H12N2O3Se/c1-10(17)18-9-19-13-12(7-16)14-8-15(13)11-5-3-2-4-6-11/h2-8H,9H2,1H3. The molecule has 0 aliphatic heterocycles. The fraction of sp³-hybridized carbons (Fsp3) is 0.154. The molecule has 0 spiro atoms. The van der Waals surface area contributed by atoms with E-state index in [9.17, 15) is 9.59 Å². The average Bonchev–Trinajstić information content (AvgIpc) is 2.82. The Hall–Kier alpha value is -1.91. The van der Waals surface area contributed by atoms with Crippen LogP contribution in [0.1, 0.15) is 17.4 Å². The molecule has 0 saturated heterocycles. The number of carbonyl (C=O) groups excluding carboxylic acids is 2. The monoisotopic (exact) mass is 324 g/mol. The van der Waals surface area contributed by atoms with Gasteiger partial charge in [0.1, 0.15) is 0 Å². The number of esters is 1. The van der Waals surface area contributed by atoms with Crippen LogP contribution in [0.25, 0.3) is 5.69 Å². The predicted molar refractivity (Wildman–Crippen MR) is 71.0 cm³/mol. The van der Waals surface area contributed by atoms with Crippen LogP contribution < -0.4 is 4.59 Å². The van der Waals surface area contributed by atoms with E-state index in [2.05, 4.69) is 4.98 Å². The number of rotatable bonds is 5. The summed E-state index contributed by atoms with van der Waals surface area (Å²) < 4.78 is 7.59. The third-order valence-corrected chi connectivity index (χ3v) is 4.27. The minimum atomic E-state index is -0.319. The van der Waals surface area contributed by atoms with Crippen LogP contribution in [0.15, 0.2) is 36.7 Å². The second kappa shape index (κ2) is 6.31. The topological polar surface area (TPSA) is 61.2 Å². The fourth-order valence-corrected chi connectivity index (χ4v) is 3.36. The van der Waals surface area contributed by atoms with Crippen LogP contribution in [0.3, 0.4) is 0 Å².